The number of aromatic nitrogens is 4. The summed E-state index contributed by atoms with van der Waals surface area (Å²) in [6, 6.07) is 0. The van der Waals surface area contributed by atoms with Gasteiger partial charge in [0.1, 0.15) is 0 Å². The molecule has 0 spiro atoms. The highest BCUT2D eigenvalue weighted by Crippen LogP contribution is 2.09. The van der Waals surface area contributed by atoms with Crippen molar-refractivity contribution in [2.45, 2.75) is 52.2 Å². The van der Waals surface area contributed by atoms with E-state index in [4.69, 9.17) is 5.11 Å². The van der Waals surface area contributed by atoms with Crippen molar-refractivity contribution in [2.75, 3.05) is 0 Å². The largest absolute Gasteiger partial charge is 0.393 e. The molecule has 1 atom stereocenters. The zero-order chi connectivity index (χ0) is 10.8. The van der Waals surface area contributed by atoms with Gasteiger partial charge in [0.25, 0.3) is 0 Å². The molecule has 0 radical (unpaired) electrons. The molecule has 1 N–H and O–H groups in total. The zero-order valence-corrected chi connectivity index (χ0v) is 9.23. The summed E-state index contributed by atoms with van der Waals surface area (Å²) in [5.41, 5.74) is -0.129. The number of aliphatic hydroxyl groups excluding tert-OH is 1. The third-order valence-corrected chi connectivity index (χ3v) is 1.84. The minimum Gasteiger partial charge on any atom is -0.393 e. The Morgan fingerprint density at radius 3 is 2.50 bits per heavy atom. The molecular weight excluding hydrogens is 180 g/mol. The zero-order valence-electron chi connectivity index (χ0n) is 9.23. The molecule has 80 valence electrons. The summed E-state index contributed by atoms with van der Waals surface area (Å²) in [5, 5.41) is 21.2. The molecule has 5 nitrogen and oxygen atoms in total. The van der Waals surface area contributed by atoms with E-state index in [1.807, 2.05) is 20.8 Å². The van der Waals surface area contributed by atoms with Crippen LogP contribution in [0.2, 0.25) is 0 Å². The second-order valence-electron chi connectivity index (χ2n) is 4.55. The molecule has 0 aliphatic heterocycles. The van der Waals surface area contributed by atoms with Crippen molar-refractivity contribution in [3.8, 4) is 0 Å². The summed E-state index contributed by atoms with van der Waals surface area (Å²) >= 11 is 0. The number of aliphatic hydroxyl groups is 1. The minimum atomic E-state index is -0.309. The molecule has 1 aromatic heterocycles. The summed E-state index contributed by atoms with van der Waals surface area (Å²) in [6.45, 7) is 7.82. The van der Waals surface area contributed by atoms with Gasteiger partial charge in [0, 0.05) is 6.42 Å². The summed E-state index contributed by atoms with van der Waals surface area (Å²) < 4.78 is 0. The Morgan fingerprint density at radius 2 is 2.07 bits per heavy atom. The Morgan fingerprint density at radius 1 is 1.43 bits per heavy atom. The lowest BCUT2D eigenvalue weighted by Crippen LogP contribution is -2.24. The van der Waals surface area contributed by atoms with Crippen molar-refractivity contribution in [3.05, 3.63) is 5.82 Å². The van der Waals surface area contributed by atoms with Crippen molar-refractivity contribution < 1.29 is 5.11 Å². The first-order chi connectivity index (χ1) is 6.39. The van der Waals surface area contributed by atoms with Crippen molar-refractivity contribution in [1.29, 1.82) is 0 Å². The lowest BCUT2D eigenvalue weighted by molar-refractivity contribution is 0.184. The van der Waals surface area contributed by atoms with Crippen LogP contribution in [-0.4, -0.2) is 31.4 Å². The number of tetrazole rings is 1. The highest BCUT2D eigenvalue weighted by molar-refractivity contribution is 4.79. The van der Waals surface area contributed by atoms with E-state index in [9.17, 15) is 0 Å². The first kappa shape index (κ1) is 11.1. The molecule has 0 amide bonds. The molecule has 1 aromatic rings. The van der Waals surface area contributed by atoms with Crippen LogP contribution in [0.25, 0.3) is 0 Å². The van der Waals surface area contributed by atoms with E-state index in [0.717, 1.165) is 0 Å². The molecule has 0 aliphatic rings. The van der Waals surface area contributed by atoms with Crippen LogP contribution in [0.15, 0.2) is 0 Å². The van der Waals surface area contributed by atoms with E-state index in [1.54, 1.807) is 11.7 Å². The normalized spacial score (nSPS) is 14.4. The van der Waals surface area contributed by atoms with Crippen LogP contribution >= 0.6 is 0 Å². The Kier molecular flexibility index (Phi) is 3.21. The van der Waals surface area contributed by atoms with E-state index in [1.165, 1.54) is 0 Å². The Bertz CT molecular complexity index is 287. The average Bonchev–Trinajstić information content (AvgIpc) is 2.47. The molecule has 0 aliphatic carbocycles. The molecule has 5 heteroatoms. The Hall–Kier alpha value is -0.970. The SMILES string of the molecule is C[C@H](O)CCc1nnn(C(C)(C)C)n1. The highest BCUT2D eigenvalue weighted by Gasteiger charge is 2.16. The van der Waals surface area contributed by atoms with Crippen molar-refractivity contribution in [2.24, 2.45) is 0 Å². The molecule has 0 saturated heterocycles. The van der Waals surface area contributed by atoms with Crippen molar-refractivity contribution >= 4 is 0 Å². The Labute approximate surface area is 84.1 Å². The summed E-state index contributed by atoms with van der Waals surface area (Å²) in [6.07, 6.45) is 1.04. The van der Waals surface area contributed by atoms with Gasteiger partial charge in [-0.2, -0.15) is 4.80 Å². The summed E-state index contributed by atoms with van der Waals surface area (Å²) in [4.78, 5) is 1.60. The summed E-state index contributed by atoms with van der Waals surface area (Å²) in [5.74, 6) is 0.695. The third-order valence-electron chi connectivity index (χ3n) is 1.84. The summed E-state index contributed by atoms with van der Waals surface area (Å²) in [7, 11) is 0. The van der Waals surface area contributed by atoms with Gasteiger partial charge in [0.05, 0.1) is 11.6 Å². The van der Waals surface area contributed by atoms with Crippen LogP contribution in [-0.2, 0) is 12.0 Å². The van der Waals surface area contributed by atoms with E-state index < -0.39 is 0 Å². The fourth-order valence-corrected chi connectivity index (χ4v) is 0.965. The van der Waals surface area contributed by atoms with Gasteiger partial charge in [0.2, 0.25) is 0 Å². The van der Waals surface area contributed by atoms with Gasteiger partial charge < -0.3 is 5.11 Å². The number of nitrogens with zero attached hydrogens (tertiary/aromatic N) is 4. The first-order valence-corrected chi connectivity index (χ1v) is 4.87. The van der Waals surface area contributed by atoms with Crippen molar-refractivity contribution in [1.82, 2.24) is 20.2 Å². The maximum absolute atomic E-state index is 9.10. The molecule has 0 unspecified atom stereocenters. The second kappa shape index (κ2) is 4.04. The molecule has 1 heterocycles. The number of aryl methyl sites for hydroxylation is 1. The molecule has 1 rings (SSSR count). The van der Waals surface area contributed by atoms with Crippen LogP contribution in [0, 0.1) is 0 Å². The number of rotatable bonds is 3. The van der Waals surface area contributed by atoms with Crippen LogP contribution in [0.4, 0.5) is 0 Å². The highest BCUT2D eigenvalue weighted by atomic mass is 16.3. The molecule has 0 fully saturated rings. The van der Waals surface area contributed by atoms with Gasteiger partial charge in [-0.25, -0.2) is 0 Å². The van der Waals surface area contributed by atoms with Gasteiger partial charge in [-0.15, -0.1) is 10.2 Å². The first-order valence-electron chi connectivity index (χ1n) is 4.87. The van der Waals surface area contributed by atoms with Crippen LogP contribution in [0.3, 0.4) is 0 Å². The lowest BCUT2D eigenvalue weighted by atomic mass is 10.1. The van der Waals surface area contributed by atoms with E-state index in [0.29, 0.717) is 18.7 Å². The predicted molar refractivity (Wildman–Crippen MR) is 52.8 cm³/mol. The maximum Gasteiger partial charge on any atom is 0.174 e. The monoisotopic (exact) mass is 198 g/mol. The topological polar surface area (TPSA) is 63.8 Å². The van der Waals surface area contributed by atoms with Crippen LogP contribution in [0.1, 0.15) is 39.9 Å². The smallest absolute Gasteiger partial charge is 0.174 e. The van der Waals surface area contributed by atoms with Gasteiger partial charge in [-0.1, -0.05) is 0 Å². The molecule has 0 bridgehead atoms. The van der Waals surface area contributed by atoms with E-state index in [-0.39, 0.29) is 11.6 Å². The fourth-order valence-electron chi connectivity index (χ4n) is 0.965. The lowest BCUT2D eigenvalue weighted by Gasteiger charge is -2.15. The third kappa shape index (κ3) is 3.06. The van der Waals surface area contributed by atoms with Gasteiger partial charge in [-0.3, -0.25) is 0 Å². The maximum atomic E-state index is 9.10. The second-order valence-corrected chi connectivity index (χ2v) is 4.55. The van der Waals surface area contributed by atoms with Crippen molar-refractivity contribution in [3.63, 3.8) is 0 Å². The van der Waals surface area contributed by atoms with E-state index >= 15 is 0 Å². The van der Waals surface area contributed by atoms with Crippen LogP contribution < -0.4 is 0 Å². The van der Waals surface area contributed by atoms with Crippen LogP contribution in [0.5, 0.6) is 0 Å². The van der Waals surface area contributed by atoms with Gasteiger partial charge >= 0.3 is 0 Å². The predicted octanol–water partition coefficient (Wildman–Crippen LogP) is 0.741. The molecule has 14 heavy (non-hydrogen) atoms. The molecule has 0 saturated carbocycles. The van der Waals surface area contributed by atoms with E-state index in [2.05, 4.69) is 15.4 Å². The number of hydrogen-bond acceptors (Lipinski definition) is 4. The molecule has 0 aromatic carbocycles. The quantitative estimate of drug-likeness (QED) is 0.778. The molecular formula is C9H18N4O. The average molecular weight is 198 g/mol. The van der Waals surface area contributed by atoms with Gasteiger partial charge in [-0.05, 0) is 39.3 Å². The minimum absolute atomic E-state index is 0.129. The fraction of sp³-hybridized carbons (Fsp3) is 0.889. The number of hydrogen-bond donors (Lipinski definition) is 1. The Balaban J connectivity index is 2.60. The van der Waals surface area contributed by atoms with Gasteiger partial charge in [0.15, 0.2) is 5.82 Å². The standard InChI is InChI=1S/C9H18N4O/c1-7(14)5-6-8-10-12-13(11-8)9(2,3)4/h7,14H,5-6H2,1-4H3/t7-/m0/s1.